The molecular weight excluding hydrogens is 597 g/mol. The third-order valence-corrected chi connectivity index (χ3v) is 10.6. The van der Waals surface area contributed by atoms with Gasteiger partial charge in [0.15, 0.2) is 0 Å². The molecule has 0 spiro atoms. The van der Waals surface area contributed by atoms with Gasteiger partial charge in [-0.25, -0.2) is 22.7 Å². The minimum Gasteiger partial charge on any atom is -0.368 e. The van der Waals surface area contributed by atoms with E-state index in [0.717, 1.165) is 50.9 Å². The van der Waals surface area contributed by atoms with Crippen LogP contribution < -0.4 is 5.32 Å². The summed E-state index contributed by atoms with van der Waals surface area (Å²) in [4.78, 5) is 26.3. The van der Waals surface area contributed by atoms with Gasteiger partial charge in [0.1, 0.15) is 17.8 Å². The molecule has 3 aliphatic rings. The van der Waals surface area contributed by atoms with E-state index in [9.17, 15) is 26.4 Å². The predicted octanol–water partition coefficient (Wildman–Crippen LogP) is 4.10. The van der Waals surface area contributed by atoms with Crippen LogP contribution in [-0.4, -0.2) is 103 Å². The lowest BCUT2D eigenvalue weighted by Gasteiger charge is -2.43. The van der Waals surface area contributed by atoms with Crippen LogP contribution in [0.25, 0.3) is 0 Å². The summed E-state index contributed by atoms with van der Waals surface area (Å²) in [6.45, 7) is 5.13. The molecule has 2 atom stereocenters. The second kappa shape index (κ2) is 13.3. The fourth-order valence-corrected chi connectivity index (χ4v) is 7.29. The number of ether oxygens (including phenoxy) is 1. The molecule has 1 amide bonds. The molecule has 1 aromatic carbocycles. The zero-order valence-corrected chi connectivity index (χ0v) is 26.2. The number of nitrogens with zero attached hydrogens (tertiary/aromatic N) is 5. The Morgan fingerprint density at radius 3 is 2.43 bits per heavy atom. The lowest BCUT2D eigenvalue weighted by molar-refractivity contribution is -0.137. The SMILES string of the molecule is Cc1c(NC[C@H]2CC[C@H](c3cccc(C(F)(F)F)c3)O2)ncnc1C(=O)N1CCC(N2CCC(N(C)S(C)(=O)=O)CC2)CC1. The number of rotatable bonds is 8. The van der Waals surface area contributed by atoms with E-state index in [1.54, 1.807) is 20.0 Å². The number of sulfonamides is 1. The number of anilines is 1. The van der Waals surface area contributed by atoms with E-state index >= 15 is 0 Å². The van der Waals surface area contributed by atoms with Crippen molar-refractivity contribution in [1.29, 1.82) is 0 Å². The van der Waals surface area contributed by atoms with E-state index in [1.165, 1.54) is 23.0 Å². The molecule has 0 aliphatic carbocycles. The molecule has 3 saturated heterocycles. The Morgan fingerprint density at radius 1 is 1.07 bits per heavy atom. The van der Waals surface area contributed by atoms with E-state index in [-0.39, 0.29) is 18.1 Å². The molecule has 0 saturated carbocycles. The number of hydrogen-bond acceptors (Lipinski definition) is 8. The molecule has 0 unspecified atom stereocenters. The van der Waals surface area contributed by atoms with E-state index in [0.29, 0.717) is 61.2 Å². The molecule has 0 bridgehead atoms. The maximum Gasteiger partial charge on any atom is 0.416 e. The van der Waals surface area contributed by atoms with E-state index in [4.69, 9.17) is 4.74 Å². The lowest BCUT2D eigenvalue weighted by Crippen LogP contribution is -2.52. The first-order valence-corrected chi connectivity index (χ1v) is 17.0. The topological polar surface area (TPSA) is 108 Å². The summed E-state index contributed by atoms with van der Waals surface area (Å²) < 4.78 is 70.7. The summed E-state index contributed by atoms with van der Waals surface area (Å²) in [5, 5.41) is 3.26. The van der Waals surface area contributed by atoms with Crippen molar-refractivity contribution in [3.8, 4) is 0 Å². The number of nitrogens with one attached hydrogen (secondary N) is 1. The highest BCUT2D eigenvalue weighted by Crippen LogP contribution is 2.36. The molecule has 5 rings (SSSR count). The molecule has 3 fully saturated rings. The largest absolute Gasteiger partial charge is 0.416 e. The van der Waals surface area contributed by atoms with Crippen LogP contribution in [-0.2, 0) is 20.9 Å². The maximum absolute atomic E-state index is 13.5. The molecule has 0 radical (unpaired) electrons. The number of alkyl halides is 3. The standard InChI is InChI=1S/C30H41F3N6O4S/c1-20-27(29(40)39-15-11-24(12-16-39)38-13-9-23(10-14-38)37(2)44(3,41)42)35-19-36-28(20)34-18-25-7-8-26(43-25)21-5-4-6-22(17-21)30(31,32)33/h4-6,17,19,23-26H,7-16,18H2,1-3H3,(H,34,35,36)/t25-,26-/m1/s1. The number of carbonyl (C=O) groups is 1. The van der Waals surface area contributed by atoms with Gasteiger partial charge in [-0.15, -0.1) is 0 Å². The Kier molecular flexibility index (Phi) is 9.83. The van der Waals surface area contributed by atoms with Gasteiger partial charge in [0.05, 0.1) is 24.0 Å². The van der Waals surface area contributed by atoms with E-state index in [2.05, 4.69) is 20.2 Å². The second-order valence-electron chi connectivity index (χ2n) is 12.1. The first-order valence-electron chi connectivity index (χ1n) is 15.2. The van der Waals surface area contributed by atoms with Crippen LogP contribution in [0, 0.1) is 6.92 Å². The van der Waals surface area contributed by atoms with Crippen LogP contribution in [0.5, 0.6) is 0 Å². The average Bonchev–Trinajstić information content (AvgIpc) is 3.48. The number of benzene rings is 1. The maximum atomic E-state index is 13.5. The first kappa shape index (κ1) is 32.6. The number of hydrogen-bond donors (Lipinski definition) is 1. The van der Waals surface area contributed by atoms with Crippen molar-refractivity contribution in [3.05, 3.63) is 53.0 Å². The van der Waals surface area contributed by atoms with Crippen molar-refractivity contribution in [1.82, 2.24) is 24.1 Å². The Labute approximate surface area is 257 Å². The van der Waals surface area contributed by atoms with Gasteiger partial charge in [-0.3, -0.25) is 4.79 Å². The predicted molar refractivity (Wildman–Crippen MR) is 160 cm³/mol. The molecule has 1 aromatic heterocycles. The number of piperidine rings is 2. The minimum absolute atomic E-state index is 0.0310. The van der Waals surface area contributed by atoms with Gasteiger partial charge in [-0.1, -0.05) is 12.1 Å². The molecule has 2 aromatic rings. The lowest BCUT2D eigenvalue weighted by atomic mass is 9.97. The monoisotopic (exact) mass is 638 g/mol. The average molecular weight is 639 g/mol. The van der Waals surface area contributed by atoms with Crippen LogP contribution in [0.4, 0.5) is 19.0 Å². The first-order chi connectivity index (χ1) is 20.8. The molecule has 242 valence electrons. The van der Waals surface area contributed by atoms with E-state index in [1.807, 2.05) is 4.90 Å². The van der Waals surface area contributed by atoms with Crippen LogP contribution in [0.2, 0.25) is 0 Å². The summed E-state index contributed by atoms with van der Waals surface area (Å²) in [5.74, 6) is 0.396. The molecule has 3 aliphatic heterocycles. The highest BCUT2D eigenvalue weighted by atomic mass is 32.2. The summed E-state index contributed by atoms with van der Waals surface area (Å²) >= 11 is 0. The van der Waals surface area contributed by atoms with Gasteiger partial charge >= 0.3 is 6.18 Å². The summed E-state index contributed by atoms with van der Waals surface area (Å²) in [6, 6.07) is 5.67. The summed E-state index contributed by atoms with van der Waals surface area (Å²) in [7, 11) is -1.55. The minimum atomic E-state index is -4.40. The Hall–Kier alpha value is -2.81. The number of amides is 1. The zero-order valence-electron chi connectivity index (χ0n) is 25.4. The quantitative estimate of drug-likeness (QED) is 0.461. The number of likely N-dealkylation sites (tertiary alicyclic amines) is 2. The third-order valence-electron chi connectivity index (χ3n) is 9.28. The van der Waals surface area contributed by atoms with Gasteiger partial charge in [0.25, 0.3) is 5.91 Å². The van der Waals surface area contributed by atoms with Crippen molar-refractivity contribution < 1.29 is 31.1 Å². The molecule has 14 heteroatoms. The van der Waals surface area contributed by atoms with E-state index < -0.39 is 27.9 Å². The number of aromatic nitrogens is 2. The summed E-state index contributed by atoms with van der Waals surface area (Å²) in [6.07, 6.45) is 2.20. The van der Waals surface area contributed by atoms with Gasteiger partial charge in [0.2, 0.25) is 10.0 Å². The Balaban J connectivity index is 1.11. The molecular formula is C30H41F3N6O4S. The number of halogens is 3. The van der Waals surface area contributed by atoms with Crippen LogP contribution >= 0.6 is 0 Å². The molecule has 4 heterocycles. The smallest absolute Gasteiger partial charge is 0.368 e. The van der Waals surface area contributed by atoms with Crippen molar-refractivity contribution in [2.45, 2.75) is 75.9 Å². The second-order valence-corrected chi connectivity index (χ2v) is 14.1. The Morgan fingerprint density at radius 2 is 1.77 bits per heavy atom. The van der Waals surface area contributed by atoms with Gasteiger partial charge in [-0.05, 0) is 76.2 Å². The van der Waals surface area contributed by atoms with Crippen molar-refractivity contribution in [2.24, 2.45) is 0 Å². The van der Waals surface area contributed by atoms with Crippen molar-refractivity contribution in [2.75, 3.05) is 51.3 Å². The fraction of sp³-hybridized carbons (Fsp3) is 0.633. The molecule has 10 nitrogen and oxygen atoms in total. The van der Waals surface area contributed by atoms with Crippen molar-refractivity contribution in [3.63, 3.8) is 0 Å². The van der Waals surface area contributed by atoms with Gasteiger partial charge in [-0.2, -0.15) is 13.2 Å². The van der Waals surface area contributed by atoms with Gasteiger partial charge in [0, 0.05) is 44.3 Å². The van der Waals surface area contributed by atoms with Crippen LogP contribution in [0.15, 0.2) is 30.6 Å². The highest BCUT2D eigenvalue weighted by molar-refractivity contribution is 7.88. The zero-order chi connectivity index (χ0) is 31.6. The molecule has 44 heavy (non-hydrogen) atoms. The molecule has 1 N–H and O–H groups in total. The van der Waals surface area contributed by atoms with Gasteiger partial charge < -0.3 is 19.9 Å². The van der Waals surface area contributed by atoms with Crippen molar-refractivity contribution >= 4 is 21.7 Å². The van der Waals surface area contributed by atoms with Crippen LogP contribution in [0.3, 0.4) is 0 Å². The fourth-order valence-electron chi connectivity index (χ4n) is 6.54. The van der Waals surface area contributed by atoms with Crippen LogP contribution in [0.1, 0.15) is 71.8 Å². The highest BCUT2D eigenvalue weighted by Gasteiger charge is 2.35. The Bertz CT molecular complexity index is 1430. The normalized spacial score (nSPS) is 22.9. The number of carbonyl (C=O) groups excluding carboxylic acids is 1. The summed E-state index contributed by atoms with van der Waals surface area (Å²) in [5.41, 5.74) is 0.822. The third kappa shape index (κ3) is 7.52.